The molecule has 1 amide bonds. The molecule has 0 saturated carbocycles. The first-order valence-corrected chi connectivity index (χ1v) is 12.0. The van der Waals surface area contributed by atoms with Gasteiger partial charge in [0.1, 0.15) is 0 Å². The fourth-order valence-electron chi connectivity index (χ4n) is 4.74. The van der Waals surface area contributed by atoms with E-state index in [0.29, 0.717) is 29.7 Å². The zero-order chi connectivity index (χ0) is 23.1. The van der Waals surface area contributed by atoms with E-state index in [1.165, 1.54) is 0 Å². The third-order valence-electron chi connectivity index (χ3n) is 6.83. The molecule has 2 aliphatic rings. The van der Waals surface area contributed by atoms with Crippen molar-refractivity contribution in [1.29, 1.82) is 0 Å². The molecular formula is C24H27Cl2N5O2. The first-order valence-electron chi connectivity index (χ1n) is 11.3. The van der Waals surface area contributed by atoms with E-state index in [9.17, 15) is 9.90 Å². The van der Waals surface area contributed by atoms with Crippen molar-refractivity contribution in [1.82, 2.24) is 20.0 Å². The van der Waals surface area contributed by atoms with Crippen molar-refractivity contribution in [2.45, 2.75) is 31.5 Å². The van der Waals surface area contributed by atoms with Gasteiger partial charge in [0.2, 0.25) is 5.91 Å². The molecule has 5 rings (SSSR count). The number of piperazine rings is 1. The second-order valence-electron chi connectivity index (χ2n) is 8.78. The predicted molar refractivity (Wildman–Crippen MR) is 131 cm³/mol. The Balaban J connectivity index is 1.40. The Morgan fingerprint density at radius 2 is 2.06 bits per heavy atom. The molecule has 7 nitrogen and oxygen atoms in total. The maximum absolute atomic E-state index is 12.7. The Hall–Kier alpha value is -2.32. The second-order valence-corrected chi connectivity index (χ2v) is 9.63. The Kier molecular flexibility index (Phi) is 6.22. The number of carbonyl (C=O) groups excluding carboxylic acids is 1. The number of halogens is 2. The number of nitrogens with one attached hydrogen (secondary N) is 1. The fraction of sp³-hybridized carbons (Fsp3) is 0.417. The van der Waals surface area contributed by atoms with E-state index in [4.69, 9.17) is 23.2 Å². The number of amides is 1. The normalized spacial score (nSPS) is 21.8. The summed E-state index contributed by atoms with van der Waals surface area (Å²) in [5.74, 6) is 0.0992. The number of hydrogen-bond donors (Lipinski definition) is 2. The molecule has 2 N–H and O–H groups in total. The molecular weight excluding hydrogens is 461 g/mol. The van der Waals surface area contributed by atoms with Gasteiger partial charge >= 0.3 is 0 Å². The highest BCUT2D eigenvalue weighted by Gasteiger charge is 2.36. The minimum Gasteiger partial charge on any atom is -0.394 e. The van der Waals surface area contributed by atoms with E-state index in [0.717, 1.165) is 35.1 Å². The van der Waals surface area contributed by atoms with Crippen LogP contribution in [0.1, 0.15) is 24.9 Å². The number of rotatable bonds is 5. The molecule has 0 spiro atoms. The Morgan fingerprint density at radius 3 is 2.76 bits per heavy atom. The lowest BCUT2D eigenvalue weighted by atomic mass is 10.0. The number of carbonyl (C=O) groups is 1. The molecule has 3 atom stereocenters. The van der Waals surface area contributed by atoms with Gasteiger partial charge in [-0.3, -0.25) is 9.48 Å². The van der Waals surface area contributed by atoms with Crippen molar-refractivity contribution in [2.24, 2.45) is 0 Å². The van der Waals surface area contributed by atoms with Crippen LogP contribution in [0.2, 0.25) is 10.0 Å². The lowest BCUT2D eigenvalue weighted by Crippen LogP contribution is -2.63. The fourth-order valence-corrected chi connectivity index (χ4v) is 5.31. The Bertz CT molecular complexity index is 1180. The van der Waals surface area contributed by atoms with Gasteiger partial charge in [0.25, 0.3) is 0 Å². The maximum Gasteiger partial charge on any atom is 0.240 e. The summed E-state index contributed by atoms with van der Waals surface area (Å²) in [6.45, 7) is 4.79. The summed E-state index contributed by atoms with van der Waals surface area (Å²) in [4.78, 5) is 16.8. The van der Waals surface area contributed by atoms with Crippen molar-refractivity contribution >= 4 is 45.7 Å². The van der Waals surface area contributed by atoms with Crippen LogP contribution >= 0.6 is 23.2 Å². The standard InChI is InChI=1S/C24H27Cl2N5O2/c1-15(20-5-3-17(25)10-21(20)26)31-23-11-18(4-2-16(23)12-28-31)29-8-9-30(19(13-29)14-32)24(33)22-6-7-27-22/h2-5,10-12,15,19,22,27,32H,6-9,13-14H2,1H3/t15?,19-,22?/m0/s1. The molecule has 174 valence electrons. The average molecular weight is 488 g/mol. The number of aliphatic hydroxyl groups excluding tert-OH is 1. The van der Waals surface area contributed by atoms with Crippen LogP contribution in [0.15, 0.2) is 42.6 Å². The van der Waals surface area contributed by atoms with Crippen LogP contribution in [-0.4, -0.2) is 70.6 Å². The highest BCUT2D eigenvalue weighted by molar-refractivity contribution is 6.35. The third-order valence-corrected chi connectivity index (χ3v) is 7.39. The number of nitrogens with zero attached hydrogens (tertiary/aromatic N) is 4. The minimum absolute atomic E-state index is 0.0543. The molecule has 33 heavy (non-hydrogen) atoms. The van der Waals surface area contributed by atoms with Crippen molar-refractivity contribution < 1.29 is 9.90 Å². The summed E-state index contributed by atoms with van der Waals surface area (Å²) in [7, 11) is 0. The van der Waals surface area contributed by atoms with Crippen LogP contribution in [0.3, 0.4) is 0 Å². The van der Waals surface area contributed by atoms with Gasteiger partial charge in [0.15, 0.2) is 0 Å². The zero-order valence-electron chi connectivity index (χ0n) is 18.4. The van der Waals surface area contributed by atoms with Gasteiger partial charge in [0.05, 0.1) is 36.4 Å². The highest BCUT2D eigenvalue weighted by atomic mass is 35.5. The molecule has 2 unspecified atom stereocenters. The predicted octanol–water partition coefficient (Wildman–Crippen LogP) is 3.32. The molecule has 0 bridgehead atoms. The zero-order valence-corrected chi connectivity index (χ0v) is 19.9. The van der Waals surface area contributed by atoms with Crippen molar-refractivity contribution in [3.05, 3.63) is 58.2 Å². The van der Waals surface area contributed by atoms with Gasteiger partial charge in [-0.1, -0.05) is 29.3 Å². The van der Waals surface area contributed by atoms with E-state index in [1.807, 2.05) is 27.9 Å². The molecule has 9 heteroatoms. The van der Waals surface area contributed by atoms with Gasteiger partial charge in [-0.25, -0.2) is 0 Å². The number of anilines is 1. The number of aliphatic hydroxyl groups is 1. The maximum atomic E-state index is 12.7. The van der Waals surface area contributed by atoms with Crippen LogP contribution in [0.5, 0.6) is 0 Å². The second kappa shape index (κ2) is 9.14. The SMILES string of the molecule is CC(c1ccc(Cl)cc1Cl)n1ncc2ccc(N3CCN(C(=O)C4CCN4)[C@H](CO)C3)cc21. The largest absolute Gasteiger partial charge is 0.394 e. The van der Waals surface area contributed by atoms with Gasteiger partial charge in [-0.15, -0.1) is 0 Å². The van der Waals surface area contributed by atoms with Gasteiger partial charge in [-0.05, 0) is 55.8 Å². The summed E-state index contributed by atoms with van der Waals surface area (Å²) < 4.78 is 1.97. The van der Waals surface area contributed by atoms with E-state index < -0.39 is 0 Å². The third kappa shape index (κ3) is 4.19. The lowest BCUT2D eigenvalue weighted by Gasteiger charge is -2.44. The topological polar surface area (TPSA) is 73.6 Å². The smallest absolute Gasteiger partial charge is 0.240 e. The first-order chi connectivity index (χ1) is 16.0. The number of fused-ring (bicyclic) bond motifs is 1. The van der Waals surface area contributed by atoms with Crippen molar-refractivity contribution in [2.75, 3.05) is 37.7 Å². The van der Waals surface area contributed by atoms with Gasteiger partial charge in [0, 0.05) is 40.8 Å². The molecule has 3 aromatic rings. The van der Waals surface area contributed by atoms with E-state index in [2.05, 4.69) is 40.4 Å². The van der Waals surface area contributed by atoms with Gasteiger partial charge < -0.3 is 20.2 Å². The molecule has 2 aromatic carbocycles. The van der Waals surface area contributed by atoms with Crippen LogP contribution in [0.25, 0.3) is 10.9 Å². The minimum atomic E-state index is -0.221. The van der Waals surface area contributed by atoms with Crippen LogP contribution in [-0.2, 0) is 4.79 Å². The van der Waals surface area contributed by atoms with Crippen LogP contribution in [0.4, 0.5) is 5.69 Å². The van der Waals surface area contributed by atoms with Gasteiger partial charge in [-0.2, -0.15) is 5.10 Å². The number of benzene rings is 2. The molecule has 0 radical (unpaired) electrons. The molecule has 2 fully saturated rings. The van der Waals surface area contributed by atoms with Crippen molar-refractivity contribution in [3.8, 4) is 0 Å². The average Bonchev–Trinajstić information content (AvgIpc) is 3.20. The quantitative estimate of drug-likeness (QED) is 0.577. The summed E-state index contributed by atoms with van der Waals surface area (Å²) >= 11 is 12.5. The van der Waals surface area contributed by atoms with E-state index in [-0.39, 0.29) is 30.6 Å². The summed E-state index contributed by atoms with van der Waals surface area (Å²) in [6.07, 6.45) is 2.73. The molecule has 2 aliphatic heterocycles. The van der Waals surface area contributed by atoms with E-state index >= 15 is 0 Å². The summed E-state index contributed by atoms with van der Waals surface area (Å²) in [6, 6.07) is 11.4. The summed E-state index contributed by atoms with van der Waals surface area (Å²) in [5, 5.41) is 20.1. The lowest BCUT2D eigenvalue weighted by molar-refractivity contribution is -0.139. The van der Waals surface area contributed by atoms with Crippen LogP contribution in [0, 0.1) is 0 Å². The number of hydrogen-bond acceptors (Lipinski definition) is 5. The van der Waals surface area contributed by atoms with Crippen molar-refractivity contribution in [3.63, 3.8) is 0 Å². The van der Waals surface area contributed by atoms with E-state index in [1.54, 1.807) is 6.07 Å². The first kappa shape index (κ1) is 22.5. The molecule has 2 saturated heterocycles. The van der Waals surface area contributed by atoms with Crippen LogP contribution < -0.4 is 10.2 Å². The Labute approximate surface area is 202 Å². The molecule has 0 aliphatic carbocycles. The highest BCUT2D eigenvalue weighted by Crippen LogP contribution is 2.32. The number of aromatic nitrogens is 2. The monoisotopic (exact) mass is 487 g/mol. The molecule has 1 aromatic heterocycles. The Morgan fingerprint density at radius 1 is 1.24 bits per heavy atom. The molecule has 3 heterocycles. The summed E-state index contributed by atoms with van der Waals surface area (Å²) in [5.41, 5.74) is 3.00.